The van der Waals surface area contributed by atoms with Gasteiger partial charge in [-0.3, -0.25) is 0 Å². The second-order valence-corrected chi connectivity index (χ2v) is 16.8. The number of hydrogen-bond donors (Lipinski definition) is 0. The van der Waals surface area contributed by atoms with Crippen molar-refractivity contribution in [2.24, 2.45) is 0 Å². The summed E-state index contributed by atoms with van der Waals surface area (Å²) in [6.45, 7) is 4.75. The standard InChI is InChI=1S/C58H41NO/c1-57(2)51-27-15-12-25-45(51)50-35-43(34-49(56(50)57)38-18-6-3-7-19-38)59(42-31-33-48-47-26-14-17-29-54(47)60-55(48)37-42)41-30-32-46-44-24-13-16-28-52(44)58(53(46)36-41,39-20-8-4-9-21-39)40-22-10-5-11-23-40/h3-37H,1-2H3. The zero-order chi connectivity index (χ0) is 40.0. The Bertz CT molecular complexity index is 3250. The zero-order valence-corrected chi connectivity index (χ0v) is 33.6. The van der Waals surface area contributed by atoms with Gasteiger partial charge in [-0.1, -0.05) is 178 Å². The van der Waals surface area contributed by atoms with Gasteiger partial charge in [0, 0.05) is 39.3 Å². The van der Waals surface area contributed by atoms with Gasteiger partial charge in [0.2, 0.25) is 0 Å². The van der Waals surface area contributed by atoms with E-state index in [0.29, 0.717) is 0 Å². The minimum absolute atomic E-state index is 0.183. The van der Waals surface area contributed by atoms with Crippen molar-refractivity contribution in [3.8, 4) is 33.4 Å². The molecule has 0 saturated heterocycles. The normalized spacial score (nSPS) is 14.1. The van der Waals surface area contributed by atoms with Crippen molar-refractivity contribution in [1.29, 1.82) is 0 Å². The number of furan rings is 1. The Balaban J connectivity index is 1.17. The maximum atomic E-state index is 6.59. The molecule has 0 spiro atoms. The Morgan fingerprint density at radius 1 is 0.367 bits per heavy atom. The van der Waals surface area contributed by atoms with E-state index in [0.717, 1.165) is 39.0 Å². The van der Waals surface area contributed by atoms with Crippen LogP contribution < -0.4 is 4.90 Å². The molecule has 12 rings (SSSR count). The lowest BCUT2D eigenvalue weighted by atomic mass is 9.67. The average Bonchev–Trinajstić information content (AvgIpc) is 3.90. The Labute approximate surface area is 350 Å². The van der Waals surface area contributed by atoms with Gasteiger partial charge in [-0.15, -0.1) is 0 Å². The summed E-state index contributed by atoms with van der Waals surface area (Å²) in [6, 6.07) is 78.0. The average molecular weight is 768 g/mol. The van der Waals surface area contributed by atoms with E-state index in [1.807, 2.05) is 6.07 Å². The molecule has 2 heteroatoms. The molecule has 10 aromatic rings. The molecule has 0 radical (unpaired) electrons. The maximum Gasteiger partial charge on any atom is 0.137 e. The van der Waals surface area contributed by atoms with Gasteiger partial charge < -0.3 is 9.32 Å². The highest BCUT2D eigenvalue weighted by Crippen LogP contribution is 2.58. The Morgan fingerprint density at radius 3 is 1.63 bits per heavy atom. The quantitative estimate of drug-likeness (QED) is 0.168. The summed E-state index contributed by atoms with van der Waals surface area (Å²) < 4.78 is 6.59. The fraction of sp³-hybridized carbons (Fsp3) is 0.0690. The second-order valence-electron chi connectivity index (χ2n) is 16.8. The van der Waals surface area contributed by atoms with E-state index < -0.39 is 5.41 Å². The van der Waals surface area contributed by atoms with Gasteiger partial charge in [-0.2, -0.15) is 0 Å². The number of rotatable bonds is 6. The van der Waals surface area contributed by atoms with Crippen LogP contribution in [0.15, 0.2) is 217 Å². The monoisotopic (exact) mass is 767 g/mol. The summed E-state index contributed by atoms with van der Waals surface area (Å²) in [7, 11) is 0. The molecule has 0 saturated carbocycles. The molecule has 2 aliphatic rings. The molecule has 1 heterocycles. The first kappa shape index (κ1) is 34.6. The van der Waals surface area contributed by atoms with Crippen molar-refractivity contribution in [2.75, 3.05) is 4.90 Å². The van der Waals surface area contributed by atoms with Gasteiger partial charge in [0.1, 0.15) is 11.2 Å². The van der Waals surface area contributed by atoms with Gasteiger partial charge >= 0.3 is 0 Å². The van der Waals surface area contributed by atoms with Crippen LogP contribution in [0.1, 0.15) is 47.2 Å². The molecule has 0 atom stereocenters. The smallest absolute Gasteiger partial charge is 0.137 e. The summed E-state index contributed by atoms with van der Waals surface area (Å²) in [5, 5.41) is 2.24. The largest absolute Gasteiger partial charge is 0.456 e. The van der Waals surface area contributed by atoms with E-state index in [1.165, 1.54) is 66.8 Å². The number of benzene rings is 9. The molecule has 2 nitrogen and oxygen atoms in total. The predicted molar refractivity (Wildman–Crippen MR) is 249 cm³/mol. The SMILES string of the molecule is CC1(C)c2ccccc2-c2cc(N(c3ccc4c(c3)C(c3ccccc3)(c3ccccc3)c3ccccc3-4)c3ccc4c(c3)oc3ccccc34)cc(-c3ccccc3)c21. The molecule has 2 aliphatic carbocycles. The van der Waals surface area contributed by atoms with Gasteiger partial charge in [-0.25, -0.2) is 0 Å². The number of anilines is 3. The fourth-order valence-corrected chi connectivity index (χ4v) is 10.8. The third-order valence-corrected chi connectivity index (χ3v) is 13.3. The maximum absolute atomic E-state index is 6.59. The molecule has 9 aromatic carbocycles. The minimum Gasteiger partial charge on any atom is -0.456 e. The Hall–Kier alpha value is -7.42. The third-order valence-electron chi connectivity index (χ3n) is 13.3. The Kier molecular flexibility index (Phi) is 7.52. The summed E-state index contributed by atoms with van der Waals surface area (Å²) >= 11 is 0. The minimum atomic E-state index is -0.533. The fourth-order valence-electron chi connectivity index (χ4n) is 10.8. The van der Waals surface area contributed by atoms with Gasteiger partial charge in [0.15, 0.2) is 0 Å². The Morgan fingerprint density at radius 2 is 0.900 bits per heavy atom. The molecule has 60 heavy (non-hydrogen) atoms. The van der Waals surface area contributed by atoms with Crippen LogP contribution in [-0.4, -0.2) is 0 Å². The first-order valence-corrected chi connectivity index (χ1v) is 20.9. The molecule has 0 amide bonds. The van der Waals surface area contributed by atoms with Crippen molar-refractivity contribution in [3.63, 3.8) is 0 Å². The molecular weight excluding hydrogens is 727 g/mol. The summed E-state index contributed by atoms with van der Waals surface area (Å²) in [4.78, 5) is 2.46. The lowest BCUT2D eigenvalue weighted by Crippen LogP contribution is -2.28. The summed E-state index contributed by atoms with van der Waals surface area (Å²) in [6.07, 6.45) is 0. The van der Waals surface area contributed by atoms with Gasteiger partial charge in [0.05, 0.1) is 5.41 Å². The highest BCUT2D eigenvalue weighted by molar-refractivity contribution is 6.06. The van der Waals surface area contributed by atoms with Gasteiger partial charge in [0.25, 0.3) is 0 Å². The molecule has 0 bridgehead atoms. The van der Waals surface area contributed by atoms with E-state index in [9.17, 15) is 0 Å². The number of fused-ring (bicyclic) bond motifs is 9. The van der Waals surface area contributed by atoms with Crippen molar-refractivity contribution >= 4 is 39.0 Å². The van der Waals surface area contributed by atoms with Crippen LogP contribution in [-0.2, 0) is 10.8 Å². The van der Waals surface area contributed by atoms with Crippen molar-refractivity contribution in [2.45, 2.75) is 24.7 Å². The van der Waals surface area contributed by atoms with E-state index in [2.05, 4.69) is 225 Å². The molecule has 0 fully saturated rings. The molecule has 284 valence electrons. The van der Waals surface area contributed by atoms with Crippen LogP contribution in [0.5, 0.6) is 0 Å². The zero-order valence-electron chi connectivity index (χ0n) is 33.6. The van der Waals surface area contributed by atoms with Crippen molar-refractivity contribution < 1.29 is 4.42 Å². The number of hydrogen-bond acceptors (Lipinski definition) is 2. The highest BCUT2D eigenvalue weighted by Gasteiger charge is 2.46. The molecule has 0 aliphatic heterocycles. The molecule has 0 N–H and O–H groups in total. The van der Waals surface area contributed by atoms with E-state index in [4.69, 9.17) is 4.42 Å². The summed E-state index contributed by atoms with van der Waals surface area (Å²) in [5.41, 5.74) is 19.6. The predicted octanol–water partition coefficient (Wildman–Crippen LogP) is 15.4. The van der Waals surface area contributed by atoms with Crippen LogP contribution in [0.4, 0.5) is 17.1 Å². The lowest BCUT2D eigenvalue weighted by Gasteiger charge is -2.35. The summed E-state index contributed by atoms with van der Waals surface area (Å²) in [5.74, 6) is 0. The van der Waals surface area contributed by atoms with Crippen LogP contribution >= 0.6 is 0 Å². The topological polar surface area (TPSA) is 16.4 Å². The first-order chi connectivity index (χ1) is 29.5. The lowest BCUT2D eigenvalue weighted by molar-refractivity contribution is 0.662. The molecular formula is C58H41NO. The van der Waals surface area contributed by atoms with E-state index in [1.54, 1.807) is 0 Å². The van der Waals surface area contributed by atoms with Crippen molar-refractivity contribution in [3.05, 3.63) is 246 Å². The number of para-hydroxylation sites is 1. The van der Waals surface area contributed by atoms with Crippen molar-refractivity contribution in [1.82, 2.24) is 0 Å². The third kappa shape index (κ3) is 4.88. The van der Waals surface area contributed by atoms with Crippen LogP contribution in [0.25, 0.3) is 55.3 Å². The highest BCUT2D eigenvalue weighted by atomic mass is 16.3. The van der Waals surface area contributed by atoms with E-state index in [-0.39, 0.29) is 5.41 Å². The molecule has 0 unspecified atom stereocenters. The van der Waals surface area contributed by atoms with E-state index >= 15 is 0 Å². The first-order valence-electron chi connectivity index (χ1n) is 20.9. The van der Waals surface area contributed by atoms with Crippen LogP contribution in [0.3, 0.4) is 0 Å². The second kappa shape index (κ2) is 13.0. The van der Waals surface area contributed by atoms with Crippen LogP contribution in [0.2, 0.25) is 0 Å². The van der Waals surface area contributed by atoms with Crippen LogP contribution in [0, 0.1) is 0 Å². The molecule has 1 aromatic heterocycles. The number of nitrogens with zero attached hydrogens (tertiary/aromatic N) is 1. The van der Waals surface area contributed by atoms with Gasteiger partial charge in [-0.05, 0) is 109 Å².